The number of amides is 2. The van der Waals surface area contributed by atoms with Crippen LogP contribution < -0.4 is 16.4 Å². The number of carbonyl (C=O) groups excluding carboxylic acids is 1. The van der Waals surface area contributed by atoms with Crippen molar-refractivity contribution < 1.29 is 4.79 Å². The van der Waals surface area contributed by atoms with Crippen molar-refractivity contribution in [2.45, 2.75) is 27.5 Å². The van der Waals surface area contributed by atoms with Crippen molar-refractivity contribution in [2.24, 2.45) is 5.73 Å². The SMILES string of the molecule is CSc1sc(C(=N)N)cc1Sc1cccc(-c2c(C)cccc2NC(=O)NCc2ccccc2)c1. The van der Waals surface area contributed by atoms with Crippen LogP contribution in [0, 0.1) is 12.3 Å². The molecule has 5 N–H and O–H groups in total. The second-order valence-corrected chi connectivity index (χ2v) is 11.0. The molecule has 4 aromatic rings. The van der Waals surface area contributed by atoms with Crippen LogP contribution in [-0.2, 0) is 6.54 Å². The van der Waals surface area contributed by atoms with Crippen LogP contribution in [0.3, 0.4) is 0 Å². The molecule has 0 radical (unpaired) electrons. The van der Waals surface area contributed by atoms with Gasteiger partial charge in [0.2, 0.25) is 0 Å². The summed E-state index contributed by atoms with van der Waals surface area (Å²) in [4.78, 5) is 15.6. The Labute approximate surface area is 218 Å². The number of benzene rings is 3. The first kappa shape index (κ1) is 24.9. The van der Waals surface area contributed by atoms with Gasteiger partial charge in [0.15, 0.2) is 0 Å². The molecule has 3 aromatic carbocycles. The molecule has 178 valence electrons. The van der Waals surface area contributed by atoms with E-state index < -0.39 is 0 Å². The molecule has 5 nitrogen and oxygen atoms in total. The topological polar surface area (TPSA) is 91.0 Å². The normalized spacial score (nSPS) is 10.7. The largest absolute Gasteiger partial charge is 0.383 e. The summed E-state index contributed by atoms with van der Waals surface area (Å²) in [5.41, 5.74) is 10.6. The molecule has 8 heteroatoms. The van der Waals surface area contributed by atoms with E-state index in [2.05, 4.69) is 28.8 Å². The van der Waals surface area contributed by atoms with Crippen molar-refractivity contribution in [3.63, 3.8) is 0 Å². The molecule has 0 atom stereocenters. The zero-order chi connectivity index (χ0) is 24.8. The molecule has 0 aliphatic rings. The lowest BCUT2D eigenvalue weighted by molar-refractivity contribution is 0.252. The van der Waals surface area contributed by atoms with E-state index in [4.69, 9.17) is 11.1 Å². The first-order valence-corrected chi connectivity index (χ1v) is 13.8. The Morgan fingerprint density at radius 1 is 1.03 bits per heavy atom. The lowest BCUT2D eigenvalue weighted by Crippen LogP contribution is -2.28. The van der Waals surface area contributed by atoms with Crippen LogP contribution in [0.5, 0.6) is 0 Å². The summed E-state index contributed by atoms with van der Waals surface area (Å²) >= 11 is 4.85. The predicted molar refractivity (Wildman–Crippen MR) is 150 cm³/mol. The fourth-order valence-electron chi connectivity index (χ4n) is 3.65. The number of urea groups is 1. The van der Waals surface area contributed by atoms with Crippen LogP contribution >= 0.6 is 34.9 Å². The maximum absolute atomic E-state index is 12.7. The molecule has 0 spiro atoms. The van der Waals surface area contributed by atoms with Gasteiger partial charge < -0.3 is 16.4 Å². The number of nitrogen functional groups attached to an aromatic ring is 1. The van der Waals surface area contributed by atoms with Crippen LogP contribution in [0.4, 0.5) is 10.5 Å². The molecule has 0 saturated carbocycles. The van der Waals surface area contributed by atoms with Gasteiger partial charge in [-0.05, 0) is 54.1 Å². The van der Waals surface area contributed by atoms with Crippen LogP contribution in [0.2, 0.25) is 0 Å². The third kappa shape index (κ3) is 6.28. The molecule has 35 heavy (non-hydrogen) atoms. The quantitative estimate of drug-likeness (QED) is 0.113. The number of amidine groups is 1. The Bertz CT molecular complexity index is 1350. The fourth-order valence-corrected chi connectivity index (χ4v) is 6.70. The zero-order valence-corrected chi connectivity index (χ0v) is 21.9. The highest BCUT2D eigenvalue weighted by Crippen LogP contribution is 2.42. The van der Waals surface area contributed by atoms with Crippen molar-refractivity contribution in [1.82, 2.24) is 5.32 Å². The maximum Gasteiger partial charge on any atom is 0.319 e. The molecular formula is C27H26N4OS3. The predicted octanol–water partition coefficient (Wildman–Crippen LogP) is 7.20. The van der Waals surface area contributed by atoms with Gasteiger partial charge in [0.05, 0.1) is 14.8 Å². The third-order valence-electron chi connectivity index (χ3n) is 5.28. The molecule has 0 unspecified atom stereocenters. The Morgan fingerprint density at radius 3 is 2.54 bits per heavy atom. The van der Waals surface area contributed by atoms with Crippen molar-refractivity contribution in [3.05, 3.63) is 94.9 Å². The van der Waals surface area contributed by atoms with E-state index in [-0.39, 0.29) is 11.9 Å². The first-order valence-electron chi connectivity index (χ1n) is 10.9. The highest BCUT2D eigenvalue weighted by Gasteiger charge is 2.14. The minimum Gasteiger partial charge on any atom is -0.383 e. The number of nitrogens with two attached hydrogens (primary N) is 1. The Morgan fingerprint density at radius 2 is 1.80 bits per heavy atom. The monoisotopic (exact) mass is 518 g/mol. The molecule has 1 aromatic heterocycles. The second kappa shape index (κ2) is 11.5. The van der Waals surface area contributed by atoms with Gasteiger partial charge in [-0.1, -0.05) is 66.4 Å². The van der Waals surface area contributed by atoms with Gasteiger partial charge in [0, 0.05) is 21.9 Å². The number of rotatable bonds is 8. The summed E-state index contributed by atoms with van der Waals surface area (Å²) in [6.45, 7) is 2.51. The molecule has 2 amide bonds. The van der Waals surface area contributed by atoms with Crippen LogP contribution in [0.15, 0.2) is 92.9 Å². The van der Waals surface area contributed by atoms with Gasteiger partial charge in [-0.25, -0.2) is 4.79 Å². The molecule has 0 bridgehead atoms. The van der Waals surface area contributed by atoms with Gasteiger partial charge in [-0.15, -0.1) is 23.1 Å². The minimum atomic E-state index is -0.245. The van der Waals surface area contributed by atoms with Gasteiger partial charge in [0.25, 0.3) is 0 Å². The van der Waals surface area contributed by atoms with Gasteiger partial charge in [-0.3, -0.25) is 5.41 Å². The van der Waals surface area contributed by atoms with Gasteiger partial charge in [0.1, 0.15) is 5.84 Å². The number of hydrogen-bond donors (Lipinski definition) is 4. The van der Waals surface area contributed by atoms with E-state index in [0.29, 0.717) is 6.54 Å². The van der Waals surface area contributed by atoms with E-state index >= 15 is 0 Å². The van der Waals surface area contributed by atoms with E-state index in [1.54, 1.807) is 34.9 Å². The molecule has 0 aliphatic carbocycles. The fraction of sp³-hybridized carbons (Fsp3) is 0.111. The highest BCUT2D eigenvalue weighted by atomic mass is 32.2. The second-order valence-electron chi connectivity index (χ2n) is 7.80. The van der Waals surface area contributed by atoms with E-state index in [1.165, 1.54) is 0 Å². The summed E-state index contributed by atoms with van der Waals surface area (Å²) in [6.07, 6.45) is 2.03. The van der Waals surface area contributed by atoms with Crippen molar-refractivity contribution in [3.8, 4) is 11.1 Å². The minimum absolute atomic E-state index is 0.0899. The van der Waals surface area contributed by atoms with Crippen molar-refractivity contribution in [1.29, 1.82) is 5.41 Å². The van der Waals surface area contributed by atoms with Gasteiger partial charge >= 0.3 is 6.03 Å². The van der Waals surface area contributed by atoms with Crippen LogP contribution in [0.1, 0.15) is 16.0 Å². The molecule has 0 aliphatic heterocycles. The van der Waals surface area contributed by atoms with Crippen molar-refractivity contribution in [2.75, 3.05) is 11.6 Å². The Balaban J connectivity index is 1.56. The van der Waals surface area contributed by atoms with Gasteiger partial charge in [-0.2, -0.15) is 0 Å². The lowest BCUT2D eigenvalue weighted by Gasteiger charge is -2.15. The van der Waals surface area contributed by atoms with E-state index in [1.807, 2.05) is 73.8 Å². The average Bonchev–Trinajstić information content (AvgIpc) is 3.27. The van der Waals surface area contributed by atoms with Crippen LogP contribution in [-0.4, -0.2) is 18.1 Å². The molecule has 1 heterocycles. The smallest absolute Gasteiger partial charge is 0.319 e. The number of hydrogen-bond acceptors (Lipinski definition) is 5. The standard InChI is InChI=1S/C27H26N4OS3/c1-17-8-6-13-21(31-27(32)30-16-18-9-4-3-5-10-18)24(17)19-11-7-12-20(14-19)34-23-15-22(25(28)29)35-26(23)33-2/h3-15H,16H2,1-2H3,(H3,28,29)(H2,30,31,32). The van der Waals surface area contributed by atoms with E-state index in [0.717, 1.165) is 46.8 Å². The number of thiophene rings is 1. The summed E-state index contributed by atoms with van der Waals surface area (Å²) in [5, 5.41) is 13.7. The zero-order valence-electron chi connectivity index (χ0n) is 19.4. The average molecular weight is 519 g/mol. The molecule has 4 rings (SSSR count). The number of aryl methyl sites for hydroxylation is 1. The lowest BCUT2D eigenvalue weighted by atomic mass is 9.98. The van der Waals surface area contributed by atoms with Crippen LogP contribution in [0.25, 0.3) is 11.1 Å². The summed E-state index contributed by atoms with van der Waals surface area (Å²) in [7, 11) is 0. The molecular weight excluding hydrogens is 493 g/mol. The Hall–Kier alpha value is -3.20. The number of thioether (sulfide) groups is 1. The number of nitrogens with one attached hydrogen (secondary N) is 3. The maximum atomic E-state index is 12.7. The van der Waals surface area contributed by atoms with Crippen molar-refractivity contribution >= 4 is 52.4 Å². The van der Waals surface area contributed by atoms with E-state index in [9.17, 15) is 4.79 Å². The summed E-state index contributed by atoms with van der Waals surface area (Å²) in [6, 6.07) is 25.8. The number of anilines is 1. The molecule has 0 saturated heterocycles. The molecule has 0 fully saturated rings. The number of carbonyl (C=O) groups is 1. The highest BCUT2D eigenvalue weighted by molar-refractivity contribution is 8.03. The Kier molecular flexibility index (Phi) is 8.17. The summed E-state index contributed by atoms with van der Waals surface area (Å²) in [5.74, 6) is 0.0899. The third-order valence-corrected chi connectivity index (χ3v) is 8.88. The first-order chi connectivity index (χ1) is 16.9. The summed E-state index contributed by atoms with van der Waals surface area (Å²) < 4.78 is 1.14.